The largest absolute Gasteiger partial charge is 0.481 e. The highest BCUT2D eigenvalue weighted by Crippen LogP contribution is 2.57. The number of nitrogen functional groups attached to an aromatic ring is 1. The maximum absolute atomic E-state index is 13.4. The lowest BCUT2D eigenvalue weighted by Crippen LogP contribution is -2.65. The molecule has 0 saturated heterocycles. The van der Waals surface area contributed by atoms with Crippen molar-refractivity contribution in [3.63, 3.8) is 0 Å². The first-order valence-corrected chi connectivity index (χ1v) is 14.2. The highest BCUT2D eigenvalue weighted by molar-refractivity contribution is 5.88. The molecule has 0 amide bonds. The second kappa shape index (κ2) is 10.4. The summed E-state index contributed by atoms with van der Waals surface area (Å²) < 4.78 is 19.2. The standard InChI is InChI=1S/C34H34N2O6/c1-4-20(2)31(38)42-33(3)17-22-8-5-6-10-26(22)30(23-11-12-29(35)36-19-23)34(33)18-25-15-24-14-21(9-7-13-37)32(39)40-27(24)16-28(25)41-34/h4-6,8,10-12,14-16,19,30,37H,7,9,13,17-18H2,1-3H3,(H2,35,36). The average molecular weight is 567 g/mol. The van der Waals surface area contributed by atoms with Gasteiger partial charge in [-0.15, -0.1) is 0 Å². The summed E-state index contributed by atoms with van der Waals surface area (Å²) in [5, 5.41) is 10.0. The number of benzene rings is 2. The number of aromatic nitrogens is 1. The van der Waals surface area contributed by atoms with Gasteiger partial charge in [0.1, 0.15) is 17.2 Å². The second-order valence-corrected chi connectivity index (χ2v) is 11.5. The van der Waals surface area contributed by atoms with Gasteiger partial charge in [0.15, 0.2) is 11.2 Å². The topological polar surface area (TPSA) is 125 Å². The van der Waals surface area contributed by atoms with Crippen LogP contribution >= 0.6 is 0 Å². The van der Waals surface area contributed by atoms with E-state index in [4.69, 9.17) is 19.6 Å². The van der Waals surface area contributed by atoms with Crippen molar-refractivity contribution in [1.29, 1.82) is 0 Å². The van der Waals surface area contributed by atoms with Crippen LogP contribution in [0.15, 0.2) is 81.7 Å². The van der Waals surface area contributed by atoms with E-state index in [0.717, 1.165) is 27.6 Å². The Bertz CT molecular complexity index is 1780. The number of aliphatic hydroxyl groups excluding tert-OH is 1. The number of aliphatic hydroxyl groups is 1. The van der Waals surface area contributed by atoms with Crippen molar-refractivity contribution in [3.05, 3.63) is 111 Å². The van der Waals surface area contributed by atoms with Gasteiger partial charge in [0, 0.05) is 48.2 Å². The Morgan fingerprint density at radius 3 is 2.71 bits per heavy atom. The summed E-state index contributed by atoms with van der Waals surface area (Å²) in [5.74, 6) is 0.217. The van der Waals surface area contributed by atoms with E-state index in [9.17, 15) is 14.7 Å². The molecule has 6 rings (SSSR count). The molecule has 0 fully saturated rings. The maximum atomic E-state index is 13.4. The fraction of sp³-hybridized carbons (Fsp3) is 0.324. The number of ether oxygens (including phenoxy) is 2. The quantitative estimate of drug-likeness (QED) is 0.189. The number of allylic oxidation sites excluding steroid dienone is 1. The third-order valence-corrected chi connectivity index (χ3v) is 8.81. The summed E-state index contributed by atoms with van der Waals surface area (Å²) in [6.07, 6.45) is 5.28. The summed E-state index contributed by atoms with van der Waals surface area (Å²) in [4.78, 5) is 30.5. The molecule has 4 aromatic rings. The Morgan fingerprint density at radius 1 is 1.17 bits per heavy atom. The van der Waals surface area contributed by atoms with E-state index in [1.165, 1.54) is 0 Å². The first-order chi connectivity index (χ1) is 20.2. The average Bonchev–Trinajstić information content (AvgIpc) is 3.35. The van der Waals surface area contributed by atoms with E-state index >= 15 is 0 Å². The minimum absolute atomic E-state index is 0.00905. The number of nitrogens with zero attached hydrogens (tertiary/aromatic N) is 1. The van der Waals surface area contributed by atoms with Crippen LogP contribution in [0.4, 0.5) is 5.82 Å². The van der Waals surface area contributed by atoms with Crippen molar-refractivity contribution in [3.8, 4) is 5.75 Å². The van der Waals surface area contributed by atoms with Gasteiger partial charge in [0.2, 0.25) is 0 Å². The molecule has 3 heterocycles. The van der Waals surface area contributed by atoms with Crippen molar-refractivity contribution in [2.24, 2.45) is 0 Å². The van der Waals surface area contributed by atoms with Crippen LogP contribution in [-0.4, -0.2) is 33.9 Å². The third kappa shape index (κ3) is 4.47. The molecule has 1 aliphatic heterocycles. The van der Waals surface area contributed by atoms with Gasteiger partial charge >= 0.3 is 11.6 Å². The van der Waals surface area contributed by atoms with Crippen LogP contribution in [0.25, 0.3) is 11.0 Å². The third-order valence-electron chi connectivity index (χ3n) is 8.81. The van der Waals surface area contributed by atoms with Crippen molar-refractivity contribution in [2.75, 3.05) is 12.3 Å². The molecule has 0 saturated carbocycles. The van der Waals surface area contributed by atoms with Gasteiger partial charge in [0.05, 0.1) is 5.92 Å². The van der Waals surface area contributed by atoms with Crippen LogP contribution in [0.3, 0.4) is 0 Å². The number of aryl methyl sites for hydroxylation is 1. The number of fused-ring (bicyclic) bond motifs is 3. The van der Waals surface area contributed by atoms with Crippen molar-refractivity contribution in [1.82, 2.24) is 4.98 Å². The van der Waals surface area contributed by atoms with Crippen LogP contribution < -0.4 is 16.1 Å². The highest BCUT2D eigenvalue weighted by atomic mass is 16.6. The number of pyridine rings is 1. The minimum atomic E-state index is -1.09. The summed E-state index contributed by atoms with van der Waals surface area (Å²) in [6, 6.07) is 17.4. The molecule has 0 radical (unpaired) electrons. The number of hydrogen-bond donors (Lipinski definition) is 2. The molecule has 2 aliphatic rings. The van der Waals surface area contributed by atoms with E-state index in [2.05, 4.69) is 17.1 Å². The van der Waals surface area contributed by atoms with Crippen LogP contribution in [0, 0.1) is 0 Å². The Hall–Kier alpha value is -4.43. The van der Waals surface area contributed by atoms with Crippen molar-refractivity contribution >= 4 is 22.8 Å². The Morgan fingerprint density at radius 2 is 1.98 bits per heavy atom. The number of rotatable bonds is 6. The lowest BCUT2D eigenvalue weighted by atomic mass is 9.60. The Kier molecular flexibility index (Phi) is 6.89. The first kappa shape index (κ1) is 27.7. The first-order valence-electron chi connectivity index (χ1n) is 14.2. The van der Waals surface area contributed by atoms with Crippen LogP contribution in [0.5, 0.6) is 5.75 Å². The predicted octanol–water partition coefficient (Wildman–Crippen LogP) is 5.03. The van der Waals surface area contributed by atoms with Gasteiger partial charge in [-0.1, -0.05) is 36.4 Å². The van der Waals surface area contributed by atoms with Crippen molar-refractivity contribution < 1.29 is 23.8 Å². The summed E-state index contributed by atoms with van der Waals surface area (Å²) in [6.45, 7) is 5.48. The van der Waals surface area contributed by atoms with Crippen molar-refractivity contribution in [2.45, 2.75) is 63.6 Å². The normalized spacial score (nSPS) is 23.0. The number of nitrogens with two attached hydrogens (primary N) is 1. The summed E-state index contributed by atoms with van der Waals surface area (Å²) >= 11 is 0. The Labute approximate surface area is 243 Å². The van der Waals surface area contributed by atoms with Gasteiger partial charge in [-0.25, -0.2) is 14.6 Å². The maximum Gasteiger partial charge on any atom is 0.339 e. The van der Waals surface area contributed by atoms with Crippen LogP contribution in [-0.2, 0) is 28.8 Å². The molecule has 3 atom stereocenters. The highest BCUT2D eigenvalue weighted by Gasteiger charge is 2.64. The van der Waals surface area contributed by atoms with Gasteiger partial charge in [-0.2, -0.15) is 0 Å². The number of hydrogen-bond acceptors (Lipinski definition) is 8. The zero-order chi connectivity index (χ0) is 29.6. The zero-order valence-electron chi connectivity index (χ0n) is 24.0. The lowest BCUT2D eigenvalue weighted by Gasteiger charge is -2.52. The molecule has 8 nitrogen and oxygen atoms in total. The molecule has 1 aliphatic carbocycles. The van der Waals surface area contributed by atoms with Gasteiger partial charge < -0.3 is 24.7 Å². The number of carbonyl (C=O) groups excluding carboxylic acids is 1. The van der Waals surface area contributed by atoms with E-state index in [0.29, 0.717) is 54.0 Å². The smallest absolute Gasteiger partial charge is 0.339 e. The summed E-state index contributed by atoms with van der Waals surface area (Å²) in [7, 11) is 0. The predicted molar refractivity (Wildman–Crippen MR) is 160 cm³/mol. The fourth-order valence-corrected chi connectivity index (χ4v) is 6.49. The van der Waals surface area contributed by atoms with Gasteiger partial charge in [-0.3, -0.25) is 0 Å². The molecule has 2 aromatic carbocycles. The molecule has 2 aromatic heterocycles. The molecule has 42 heavy (non-hydrogen) atoms. The zero-order valence-corrected chi connectivity index (χ0v) is 24.0. The SMILES string of the molecule is CC=C(C)C(=O)OC1(C)Cc2ccccc2C(c2ccc(N)nc2)C12Cc1cc3cc(CCCO)c(=O)oc3cc1O2. The molecule has 8 heteroatoms. The monoisotopic (exact) mass is 566 g/mol. The molecule has 1 spiro atoms. The van der Waals surface area contributed by atoms with Crippen LogP contribution in [0.2, 0.25) is 0 Å². The molecular weight excluding hydrogens is 532 g/mol. The van der Waals surface area contributed by atoms with Gasteiger partial charge in [-0.05, 0) is 74.1 Å². The Balaban J connectivity index is 1.56. The van der Waals surface area contributed by atoms with E-state index in [1.807, 2.05) is 44.2 Å². The number of esters is 1. The minimum Gasteiger partial charge on any atom is -0.481 e. The van der Waals surface area contributed by atoms with E-state index in [-0.39, 0.29) is 12.5 Å². The van der Waals surface area contributed by atoms with E-state index in [1.54, 1.807) is 31.3 Å². The molecule has 3 unspecified atom stereocenters. The molecule has 0 bridgehead atoms. The molecule has 3 N–H and O–H groups in total. The van der Waals surface area contributed by atoms with E-state index < -0.39 is 22.8 Å². The lowest BCUT2D eigenvalue weighted by molar-refractivity contribution is -0.184. The molecular formula is C34H34N2O6. The number of anilines is 1. The molecule has 216 valence electrons. The van der Waals surface area contributed by atoms with Crippen LogP contribution in [0.1, 0.15) is 60.9 Å². The second-order valence-electron chi connectivity index (χ2n) is 11.5. The fourth-order valence-electron chi connectivity index (χ4n) is 6.49. The van der Waals surface area contributed by atoms with Gasteiger partial charge in [0.25, 0.3) is 0 Å². The number of carbonyl (C=O) groups is 1. The summed E-state index contributed by atoms with van der Waals surface area (Å²) in [5.41, 5.74) is 8.77.